The van der Waals surface area contributed by atoms with Gasteiger partial charge in [0.05, 0.1) is 12.6 Å². The highest BCUT2D eigenvalue weighted by Crippen LogP contribution is 1.99. The number of amides is 2. The fraction of sp³-hybridized carbons (Fsp3) is 0.857. The molecule has 0 radical (unpaired) electrons. The van der Waals surface area contributed by atoms with Crippen LogP contribution in [0.4, 0.5) is 0 Å². The van der Waals surface area contributed by atoms with Crippen molar-refractivity contribution in [2.45, 2.75) is 72.0 Å². The number of hydrogen-bond donors (Lipinski definition) is 3. The van der Waals surface area contributed by atoms with Crippen molar-refractivity contribution in [2.75, 3.05) is 6.54 Å². The summed E-state index contributed by atoms with van der Waals surface area (Å²) < 4.78 is 0. The van der Waals surface area contributed by atoms with Crippen LogP contribution >= 0.6 is 0 Å². The molecule has 2 amide bonds. The molecule has 112 valence electrons. The third-order valence-electron chi connectivity index (χ3n) is 2.81. The Morgan fingerprint density at radius 3 is 2.05 bits per heavy atom. The van der Waals surface area contributed by atoms with Crippen LogP contribution in [0.3, 0.4) is 0 Å². The summed E-state index contributed by atoms with van der Waals surface area (Å²) in [7, 11) is 0. The number of carbonyl (C=O) groups is 2. The molecule has 0 aliphatic rings. The normalized spacial score (nSPS) is 13.2. The van der Waals surface area contributed by atoms with Crippen molar-refractivity contribution in [2.24, 2.45) is 0 Å². The lowest BCUT2D eigenvalue weighted by Gasteiger charge is -2.24. The molecule has 0 saturated heterocycles. The first-order chi connectivity index (χ1) is 8.69. The fourth-order valence-corrected chi connectivity index (χ4v) is 1.59. The van der Waals surface area contributed by atoms with Crippen LogP contribution in [0.2, 0.25) is 0 Å². The van der Waals surface area contributed by atoms with Crippen molar-refractivity contribution in [3.63, 3.8) is 0 Å². The van der Waals surface area contributed by atoms with E-state index in [0.29, 0.717) is 0 Å². The van der Waals surface area contributed by atoms with Crippen LogP contribution in [0.5, 0.6) is 0 Å². The molecule has 0 rings (SSSR count). The minimum Gasteiger partial charge on any atom is -0.352 e. The molecule has 0 bridgehead atoms. The van der Waals surface area contributed by atoms with E-state index in [4.69, 9.17) is 0 Å². The lowest BCUT2D eigenvalue weighted by atomic mass is 10.1. The van der Waals surface area contributed by atoms with E-state index in [0.717, 1.165) is 12.8 Å². The van der Waals surface area contributed by atoms with Gasteiger partial charge in [0.1, 0.15) is 0 Å². The second kappa shape index (κ2) is 8.15. The quantitative estimate of drug-likeness (QED) is 0.651. The van der Waals surface area contributed by atoms with E-state index in [2.05, 4.69) is 16.0 Å². The molecule has 0 aromatic heterocycles. The number of rotatable bonds is 7. The Morgan fingerprint density at radius 1 is 1.11 bits per heavy atom. The molecule has 3 N–H and O–H groups in total. The molecule has 0 aliphatic carbocycles. The Kier molecular flexibility index (Phi) is 7.68. The van der Waals surface area contributed by atoms with Crippen LogP contribution in [0.15, 0.2) is 0 Å². The van der Waals surface area contributed by atoms with Crippen LogP contribution in [0, 0.1) is 0 Å². The van der Waals surface area contributed by atoms with Crippen molar-refractivity contribution < 1.29 is 9.59 Å². The number of carbonyl (C=O) groups excluding carboxylic acids is 2. The Hall–Kier alpha value is -1.10. The standard InChI is InChI=1S/C14H29N3O2/c1-7-11(8-2)16-12(18)9-15-10(3)13(19)17-14(4,5)6/h10-11,15H,7-9H2,1-6H3,(H,16,18)(H,17,19). The highest BCUT2D eigenvalue weighted by atomic mass is 16.2. The molecular weight excluding hydrogens is 242 g/mol. The van der Waals surface area contributed by atoms with Gasteiger partial charge in [0.2, 0.25) is 11.8 Å². The first-order valence-corrected chi connectivity index (χ1v) is 7.04. The van der Waals surface area contributed by atoms with Crippen molar-refractivity contribution >= 4 is 11.8 Å². The van der Waals surface area contributed by atoms with Gasteiger partial charge in [-0.25, -0.2) is 0 Å². The molecule has 5 heteroatoms. The molecule has 0 heterocycles. The van der Waals surface area contributed by atoms with Gasteiger partial charge in [0.25, 0.3) is 0 Å². The lowest BCUT2D eigenvalue weighted by Crippen LogP contribution is -2.51. The molecule has 19 heavy (non-hydrogen) atoms. The molecule has 0 aliphatic heterocycles. The summed E-state index contributed by atoms with van der Waals surface area (Å²) >= 11 is 0. The molecule has 1 atom stereocenters. The van der Waals surface area contributed by atoms with Gasteiger partial charge in [-0.05, 0) is 40.5 Å². The summed E-state index contributed by atoms with van der Waals surface area (Å²) in [4.78, 5) is 23.5. The molecule has 0 aromatic rings. The van der Waals surface area contributed by atoms with Crippen LogP contribution in [-0.4, -0.2) is 36.0 Å². The SMILES string of the molecule is CCC(CC)NC(=O)CNC(C)C(=O)NC(C)(C)C. The summed E-state index contributed by atoms with van der Waals surface area (Å²) in [5, 5.41) is 8.73. The third-order valence-corrected chi connectivity index (χ3v) is 2.81. The van der Waals surface area contributed by atoms with E-state index in [1.165, 1.54) is 0 Å². The van der Waals surface area contributed by atoms with Gasteiger partial charge >= 0.3 is 0 Å². The van der Waals surface area contributed by atoms with Crippen LogP contribution in [-0.2, 0) is 9.59 Å². The van der Waals surface area contributed by atoms with E-state index in [9.17, 15) is 9.59 Å². The molecule has 0 aromatic carbocycles. The zero-order chi connectivity index (χ0) is 15.1. The zero-order valence-corrected chi connectivity index (χ0v) is 13.1. The maximum atomic E-state index is 11.8. The van der Waals surface area contributed by atoms with E-state index in [1.807, 2.05) is 34.6 Å². The predicted octanol–water partition coefficient (Wildman–Crippen LogP) is 1.18. The van der Waals surface area contributed by atoms with Gasteiger partial charge in [-0.1, -0.05) is 13.8 Å². The predicted molar refractivity (Wildman–Crippen MR) is 77.9 cm³/mol. The van der Waals surface area contributed by atoms with E-state index in [-0.39, 0.29) is 36.0 Å². The average molecular weight is 271 g/mol. The Bertz CT molecular complexity index is 294. The molecular formula is C14H29N3O2. The van der Waals surface area contributed by atoms with E-state index >= 15 is 0 Å². The van der Waals surface area contributed by atoms with Gasteiger partial charge in [-0.3, -0.25) is 14.9 Å². The molecule has 5 nitrogen and oxygen atoms in total. The van der Waals surface area contributed by atoms with Crippen LogP contribution in [0.25, 0.3) is 0 Å². The Morgan fingerprint density at radius 2 is 1.63 bits per heavy atom. The third kappa shape index (κ3) is 8.59. The zero-order valence-electron chi connectivity index (χ0n) is 13.1. The second-order valence-electron chi connectivity index (χ2n) is 5.92. The Balaban J connectivity index is 4.05. The maximum Gasteiger partial charge on any atom is 0.237 e. The minimum absolute atomic E-state index is 0.0656. The van der Waals surface area contributed by atoms with E-state index in [1.54, 1.807) is 6.92 Å². The van der Waals surface area contributed by atoms with Crippen molar-refractivity contribution in [3.8, 4) is 0 Å². The van der Waals surface area contributed by atoms with E-state index < -0.39 is 0 Å². The van der Waals surface area contributed by atoms with Gasteiger partial charge in [0.15, 0.2) is 0 Å². The topological polar surface area (TPSA) is 70.2 Å². The summed E-state index contributed by atoms with van der Waals surface area (Å²) in [6.45, 7) is 11.8. The van der Waals surface area contributed by atoms with Crippen LogP contribution in [0.1, 0.15) is 54.4 Å². The summed E-state index contributed by atoms with van der Waals surface area (Å²) in [6.07, 6.45) is 1.84. The first-order valence-electron chi connectivity index (χ1n) is 7.04. The average Bonchev–Trinajstić information content (AvgIpc) is 2.30. The Labute approximate surface area is 116 Å². The van der Waals surface area contributed by atoms with Gasteiger partial charge in [-0.2, -0.15) is 0 Å². The highest BCUT2D eigenvalue weighted by Gasteiger charge is 2.19. The molecule has 0 fully saturated rings. The van der Waals surface area contributed by atoms with Crippen molar-refractivity contribution in [1.29, 1.82) is 0 Å². The largest absolute Gasteiger partial charge is 0.352 e. The minimum atomic E-state index is -0.383. The van der Waals surface area contributed by atoms with Gasteiger partial charge < -0.3 is 10.6 Å². The van der Waals surface area contributed by atoms with Gasteiger partial charge in [0, 0.05) is 11.6 Å². The summed E-state index contributed by atoms with van der Waals surface area (Å²) in [5.74, 6) is -0.160. The summed E-state index contributed by atoms with van der Waals surface area (Å²) in [5.41, 5.74) is -0.259. The lowest BCUT2D eigenvalue weighted by molar-refractivity contribution is -0.124. The number of nitrogens with one attached hydrogen (secondary N) is 3. The van der Waals surface area contributed by atoms with Crippen LogP contribution < -0.4 is 16.0 Å². The maximum absolute atomic E-state index is 11.8. The molecule has 0 saturated carbocycles. The summed E-state index contributed by atoms with van der Waals surface area (Å²) in [6, 6.07) is -0.167. The monoisotopic (exact) mass is 271 g/mol. The number of hydrogen-bond acceptors (Lipinski definition) is 3. The second-order valence-corrected chi connectivity index (χ2v) is 5.92. The molecule has 1 unspecified atom stereocenters. The smallest absolute Gasteiger partial charge is 0.237 e. The van der Waals surface area contributed by atoms with Crippen molar-refractivity contribution in [1.82, 2.24) is 16.0 Å². The van der Waals surface area contributed by atoms with Crippen molar-refractivity contribution in [3.05, 3.63) is 0 Å². The highest BCUT2D eigenvalue weighted by molar-refractivity contribution is 5.83. The van der Waals surface area contributed by atoms with Gasteiger partial charge in [-0.15, -0.1) is 0 Å². The fourth-order valence-electron chi connectivity index (χ4n) is 1.59. The first kappa shape index (κ1) is 17.9. The molecule has 0 spiro atoms.